The van der Waals surface area contributed by atoms with E-state index in [0.29, 0.717) is 5.56 Å². The summed E-state index contributed by atoms with van der Waals surface area (Å²) in [6.45, 7) is 0. The number of allylic oxidation sites excluding steroid dienone is 3. The molecule has 2 aromatic carbocycles. The molecule has 3 nitrogen and oxygen atoms in total. The molecule has 0 spiro atoms. The van der Waals surface area contributed by atoms with E-state index in [1.807, 2.05) is 36.4 Å². The van der Waals surface area contributed by atoms with Gasteiger partial charge in [-0.3, -0.25) is 4.79 Å². The van der Waals surface area contributed by atoms with Crippen molar-refractivity contribution < 1.29 is 14.3 Å². The molecule has 2 rings (SSSR count). The molecule has 0 amide bonds. The predicted octanol–water partition coefficient (Wildman–Crippen LogP) is 4.16. The Morgan fingerprint density at radius 3 is 1.91 bits per heavy atom. The van der Waals surface area contributed by atoms with E-state index in [4.69, 9.17) is 9.47 Å². The van der Waals surface area contributed by atoms with E-state index in [1.54, 1.807) is 50.6 Å². The Kier molecular flexibility index (Phi) is 5.55. The van der Waals surface area contributed by atoms with Crippen LogP contribution in [0.3, 0.4) is 0 Å². The largest absolute Gasteiger partial charge is 0.497 e. The molecule has 0 atom stereocenters. The Balaban J connectivity index is 1.95. The van der Waals surface area contributed by atoms with Gasteiger partial charge in [-0.15, -0.1) is 0 Å². The molecule has 0 radical (unpaired) electrons. The van der Waals surface area contributed by atoms with Crippen LogP contribution in [0.1, 0.15) is 15.9 Å². The molecule has 0 bridgehead atoms. The second-order valence-electron chi connectivity index (χ2n) is 4.58. The van der Waals surface area contributed by atoms with Crippen molar-refractivity contribution in [3.8, 4) is 11.5 Å². The van der Waals surface area contributed by atoms with Gasteiger partial charge >= 0.3 is 0 Å². The zero-order chi connectivity index (χ0) is 15.8. The van der Waals surface area contributed by atoms with Crippen molar-refractivity contribution in [2.24, 2.45) is 0 Å². The Hall–Kier alpha value is -2.81. The molecule has 0 aliphatic rings. The van der Waals surface area contributed by atoms with Crippen LogP contribution in [-0.4, -0.2) is 20.0 Å². The molecule has 2 aromatic rings. The SMILES string of the molecule is COc1ccc(C=CC=CC(=O)c2ccc(OC)cc2)cc1. The van der Waals surface area contributed by atoms with E-state index >= 15 is 0 Å². The van der Waals surface area contributed by atoms with Crippen molar-refractivity contribution in [2.75, 3.05) is 14.2 Å². The quantitative estimate of drug-likeness (QED) is 0.456. The topological polar surface area (TPSA) is 35.5 Å². The molecule has 0 heterocycles. The van der Waals surface area contributed by atoms with Gasteiger partial charge in [0.05, 0.1) is 14.2 Å². The molecule has 22 heavy (non-hydrogen) atoms. The van der Waals surface area contributed by atoms with Crippen molar-refractivity contribution >= 4 is 11.9 Å². The standard InChI is InChI=1S/C19H18O3/c1-21-17-11-7-15(8-12-17)5-3-4-6-19(20)16-9-13-18(22-2)14-10-16/h3-14H,1-2H3. The summed E-state index contributed by atoms with van der Waals surface area (Å²) in [7, 11) is 3.24. The average Bonchev–Trinajstić information content (AvgIpc) is 2.59. The highest BCUT2D eigenvalue weighted by Gasteiger charge is 2.00. The van der Waals surface area contributed by atoms with Crippen LogP contribution in [0, 0.1) is 0 Å². The van der Waals surface area contributed by atoms with Gasteiger partial charge in [0, 0.05) is 5.56 Å². The number of hydrogen-bond acceptors (Lipinski definition) is 3. The van der Waals surface area contributed by atoms with Crippen molar-refractivity contribution in [1.29, 1.82) is 0 Å². The van der Waals surface area contributed by atoms with Gasteiger partial charge in [-0.05, 0) is 48.0 Å². The molecule has 0 unspecified atom stereocenters. The summed E-state index contributed by atoms with van der Waals surface area (Å²) in [5, 5.41) is 0. The molecular weight excluding hydrogens is 276 g/mol. The fourth-order valence-corrected chi connectivity index (χ4v) is 1.88. The molecule has 112 valence electrons. The number of methoxy groups -OCH3 is 2. The minimum absolute atomic E-state index is 0.0398. The van der Waals surface area contributed by atoms with Gasteiger partial charge < -0.3 is 9.47 Å². The van der Waals surface area contributed by atoms with Gasteiger partial charge in [0.1, 0.15) is 11.5 Å². The van der Waals surface area contributed by atoms with Gasteiger partial charge in [0.15, 0.2) is 5.78 Å². The van der Waals surface area contributed by atoms with Crippen molar-refractivity contribution in [2.45, 2.75) is 0 Å². The maximum absolute atomic E-state index is 12.0. The smallest absolute Gasteiger partial charge is 0.185 e. The predicted molar refractivity (Wildman–Crippen MR) is 88.5 cm³/mol. The van der Waals surface area contributed by atoms with Gasteiger partial charge in [0.2, 0.25) is 0 Å². The van der Waals surface area contributed by atoms with Gasteiger partial charge in [-0.25, -0.2) is 0 Å². The first-order chi connectivity index (χ1) is 10.7. The Morgan fingerprint density at radius 1 is 0.818 bits per heavy atom. The fourth-order valence-electron chi connectivity index (χ4n) is 1.88. The van der Waals surface area contributed by atoms with Crippen LogP contribution in [0.15, 0.2) is 66.8 Å². The summed E-state index contributed by atoms with van der Waals surface area (Å²) < 4.78 is 10.2. The molecule has 0 aliphatic heterocycles. The van der Waals surface area contributed by atoms with E-state index in [2.05, 4.69) is 0 Å². The number of benzene rings is 2. The highest BCUT2D eigenvalue weighted by molar-refractivity contribution is 6.04. The van der Waals surface area contributed by atoms with Crippen molar-refractivity contribution in [3.63, 3.8) is 0 Å². The third-order valence-corrected chi connectivity index (χ3v) is 3.14. The van der Waals surface area contributed by atoms with Crippen molar-refractivity contribution in [3.05, 3.63) is 77.9 Å². The lowest BCUT2D eigenvalue weighted by atomic mass is 10.1. The summed E-state index contributed by atoms with van der Waals surface area (Å²) >= 11 is 0. The summed E-state index contributed by atoms with van der Waals surface area (Å²) in [5.74, 6) is 1.52. The molecule has 3 heteroatoms. The number of carbonyl (C=O) groups is 1. The van der Waals surface area contributed by atoms with E-state index in [0.717, 1.165) is 17.1 Å². The minimum Gasteiger partial charge on any atom is -0.497 e. The highest BCUT2D eigenvalue weighted by atomic mass is 16.5. The first-order valence-electron chi connectivity index (χ1n) is 6.90. The van der Waals surface area contributed by atoms with Crippen molar-refractivity contribution in [1.82, 2.24) is 0 Å². The number of ketones is 1. The lowest BCUT2D eigenvalue weighted by Gasteiger charge is -1.99. The van der Waals surface area contributed by atoms with Crippen LogP contribution >= 0.6 is 0 Å². The van der Waals surface area contributed by atoms with E-state index in [-0.39, 0.29) is 5.78 Å². The third kappa shape index (κ3) is 4.35. The van der Waals surface area contributed by atoms with E-state index in [1.165, 1.54) is 0 Å². The minimum atomic E-state index is -0.0398. The van der Waals surface area contributed by atoms with Gasteiger partial charge in [-0.2, -0.15) is 0 Å². The lowest BCUT2D eigenvalue weighted by molar-refractivity contribution is 0.104. The molecule has 0 aromatic heterocycles. The van der Waals surface area contributed by atoms with Crippen LogP contribution in [0.2, 0.25) is 0 Å². The first-order valence-corrected chi connectivity index (χ1v) is 6.90. The normalized spacial score (nSPS) is 11.0. The monoisotopic (exact) mass is 294 g/mol. The second kappa shape index (κ2) is 7.84. The summed E-state index contributed by atoms with van der Waals surface area (Å²) in [5.41, 5.74) is 1.68. The molecule has 0 aliphatic carbocycles. The van der Waals surface area contributed by atoms with E-state index < -0.39 is 0 Å². The number of rotatable bonds is 6. The lowest BCUT2D eigenvalue weighted by Crippen LogP contribution is -1.93. The fraction of sp³-hybridized carbons (Fsp3) is 0.105. The molecule has 0 fully saturated rings. The summed E-state index contributed by atoms with van der Waals surface area (Å²) in [4.78, 5) is 12.0. The highest BCUT2D eigenvalue weighted by Crippen LogP contribution is 2.13. The Labute approximate surface area is 130 Å². The van der Waals surface area contributed by atoms with E-state index in [9.17, 15) is 4.79 Å². The molecule has 0 saturated carbocycles. The Morgan fingerprint density at radius 2 is 1.36 bits per heavy atom. The maximum Gasteiger partial charge on any atom is 0.185 e. The average molecular weight is 294 g/mol. The van der Waals surface area contributed by atoms with Gasteiger partial charge in [-0.1, -0.05) is 30.4 Å². The zero-order valence-corrected chi connectivity index (χ0v) is 12.7. The van der Waals surface area contributed by atoms with Crippen LogP contribution in [0.25, 0.3) is 6.08 Å². The Bertz CT molecular complexity index is 665. The third-order valence-electron chi connectivity index (χ3n) is 3.14. The van der Waals surface area contributed by atoms with Crippen LogP contribution in [0.5, 0.6) is 11.5 Å². The number of hydrogen-bond donors (Lipinski definition) is 0. The number of ether oxygens (including phenoxy) is 2. The molecule has 0 saturated heterocycles. The summed E-state index contributed by atoms with van der Waals surface area (Å²) in [6.07, 6.45) is 7.04. The maximum atomic E-state index is 12.0. The van der Waals surface area contributed by atoms with Crippen LogP contribution in [0.4, 0.5) is 0 Å². The second-order valence-corrected chi connectivity index (χ2v) is 4.58. The van der Waals surface area contributed by atoms with Gasteiger partial charge in [0.25, 0.3) is 0 Å². The van der Waals surface area contributed by atoms with Crippen LogP contribution < -0.4 is 9.47 Å². The number of carbonyl (C=O) groups excluding carboxylic acids is 1. The summed E-state index contributed by atoms with van der Waals surface area (Å²) in [6, 6.07) is 14.7. The molecule has 0 N–H and O–H groups in total. The first kappa shape index (κ1) is 15.6. The van der Waals surface area contributed by atoms with Crippen LogP contribution in [-0.2, 0) is 0 Å². The molecular formula is C19H18O3. The zero-order valence-electron chi connectivity index (χ0n) is 12.7.